The Hall–Kier alpha value is -5.15. The lowest BCUT2D eigenvalue weighted by molar-refractivity contribution is -0.898. The molecule has 3 aromatic heterocycles. The van der Waals surface area contributed by atoms with Gasteiger partial charge in [-0.3, -0.25) is 4.79 Å². The topological polar surface area (TPSA) is 141 Å². The van der Waals surface area contributed by atoms with Crippen LogP contribution in [-0.2, 0) is 24.8 Å². The Kier molecular flexibility index (Phi) is 8.16. The molecule has 0 saturated carbocycles. The average Bonchev–Trinajstić information content (AvgIpc) is 3.23. The standard InChI is InChI=1S/C28H29N9O3/c1-6-19-10-8-11-20(14-19)32-27-21-15-24(29-16-22(21)30-18-31-27)33-26(38)12-9-13-37(4,5)17-23-28(36(39)40)34-25(7-2)35(23)3/h1,8-12,14-16,18H,7,13,17H2,2-5H3,(H-,29,30,31,32,33,38)/p+1. The predicted octanol–water partition coefficient (Wildman–Crippen LogP) is 3.73. The van der Waals surface area contributed by atoms with Gasteiger partial charge < -0.3 is 29.8 Å². The van der Waals surface area contributed by atoms with E-state index >= 15 is 0 Å². The largest absolute Gasteiger partial charge is 0.391 e. The zero-order valence-electron chi connectivity index (χ0n) is 22.8. The maximum absolute atomic E-state index is 12.7. The monoisotopic (exact) mass is 540 g/mol. The number of pyridine rings is 1. The molecule has 0 aliphatic heterocycles. The highest BCUT2D eigenvalue weighted by molar-refractivity contribution is 6.00. The molecule has 1 amide bonds. The second kappa shape index (κ2) is 11.7. The zero-order chi connectivity index (χ0) is 28.9. The molecule has 12 nitrogen and oxygen atoms in total. The van der Waals surface area contributed by atoms with Crippen molar-refractivity contribution in [2.24, 2.45) is 7.05 Å². The molecule has 1 aromatic carbocycles. The van der Waals surface area contributed by atoms with E-state index in [1.807, 2.05) is 45.3 Å². The summed E-state index contributed by atoms with van der Waals surface area (Å²) in [5.74, 6) is 3.65. The lowest BCUT2D eigenvalue weighted by Crippen LogP contribution is -2.39. The van der Waals surface area contributed by atoms with Crippen LogP contribution in [0.15, 0.2) is 55.0 Å². The first-order chi connectivity index (χ1) is 19.1. The molecular weight excluding hydrogens is 510 g/mol. The number of likely N-dealkylation sites (N-methyl/N-ethyl adjacent to an activating group) is 1. The van der Waals surface area contributed by atoms with Crippen molar-refractivity contribution >= 4 is 40.0 Å². The second-order valence-corrected chi connectivity index (χ2v) is 9.80. The van der Waals surface area contributed by atoms with E-state index in [1.165, 1.54) is 12.4 Å². The number of anilines is 3. The molecule has 0 aliphatic rings. The summed E-state index contributed by atoms with van der Waals surface area (Å²) in [5, 5.41) is 18.2. The summed E-state index contributed by atoms with van der Waals surface area (Å²) in [6.45, 7) is 2.74. The molecule has 0 aliphatic carbocycles. The molecule has 0 unspecified atom stereocenters. The van der Waals surface area contributed by atoms with E-state index in [0.29, 0.717) is 58.1 Å². The fourth-order valence-corrected chi connectivity index (χ4v) is 4.24. The molecule has 0 atom stereocenters. The third kappa shape index (κ3) is 6.46. The van der Waals surface area contributed by atoms with Crippen LogP contribution in [0, 0.1) is 22.5 Å². The molecule has 0 saturated heterocycles. The SMILES string of the molecule is C#Cc1cccc(Nc2ncnc3cnc(NC(=O)C=CC[N+](C)(C)Cc4c([N+](=O)[O-])nc(CC)n4C)cc23)c1. The van der Waals surface area contributed by atoms with Gasteiger partial charge in [-0.05, 0) is 40.2 Å². The number of quaternary nitrogens is 1. The zero-order valence-corrected chi connectivity index (χ0v) is 22.8. The van der Waals surface area contributed by atoms with E-state index in [-0.39, 0.29) is 11.7 Å². The third-order valence-electron chi connectivity index (χ3n) is 6.29. The Balaban J connectivity index is 1.44. The van der Waals surface area contributed by atoms with Gasteiger partial charge in [0.2, 0.25) is 11.7 Å². The number of carbonyl (C=O) groups is 1. The number of nitrogens with zero attached hydrogens (tertiary/aromatic N) is 7. The maximum Gasteiger partial charge on any atom is 0.391 e. The summed E-state index contributed by atoms with van der Waals surface area (Å²) in [6, 6.07) is 9.08. The number of terminal acetylenes is 1. The molecule has 0 radical (unpaired) electrons. The number of aromatic nitrogens is 5. The molecule has 4 rings (SSSR count). The van der Waals surface area contributed by atoms with Crippen molar-refractivity contribution < 1.29 is 14.2 Å². The van der Waals surface area contributed by atoms with Crippen molar-refractivity contribution in [1.82, 2.24) is 24.5 Å². The number of fused-ring (bicyclic) bond motifs is 1. The highest BCUT2D eigenvalue weighted by Crippen LogP contribution is 2.25. The first kappa shape index (κ1) is 27.9. The first-order valence-electron chi connectivity index (χ1n) is 12.5. The molecule has 0 bridgehead atoms. The minimum Gasteiger partial charge on any atom is -0.358 e. The first-order valence-corrected chi connectivity index (χ1v) is 12.5. The van der Waals surface area contributed by atoms with E-state index in [1.54, 1.807) is 30.0 Å². The summed E-state index contributed by atoms with van der Waals surface area (Å²) in [6.07, 6.45) is 12.2. The summed E-state index contributed by atoms with van der Waals surface area (Å²) >= 11 is 0. The second-order valence-electron chi connectivity index (χ2n) is 9.80. The van der Waals surface area contributed by atoms with Crippen LogP contribution in [0.4, 0.5) is 23.1 Å². The van der Waals surface area contributed by atoms with Crippen LogP contribution < -0.4 is 10.6 Å². The number of amides is 1. The lowest BCUT2D eigenvalue weighted by Gasteiger charge is -2.28. The van der Waals surface area contributed by atoms with E-state index in [0.717, 1.165) is 11.3 Å². The molecule has 0 spiro atoms. The van der Waals surface area contributed by atoms with Gasteiger partial charge in [0, 0.05) is 36.2 Å². The number of nitro groups is 1. The summed E-state index contributed by atoms with van der Waals surface area (Å²) in [4.78, 5) is 40.8. The van der Waals surface area contributed by atoms with Crippen LogP contribution in [0.25, 0.3) is 10.9 Å². The molecular formula is C28H30N9O3+. The van der Waals surface area contributed by atoms with Gasteiger partial charge in [0.25, 0.3) is 0 Å². The summed E-state index contributed by atoms with van der Waals surface area (Å²) < 4.78 is 2.16. The van der Waals surface area contributed by atoms with Gasteiger partial charge in [0.05, 0.1) is 32.4 Å². The van der Waals surface area contributed by atoms with Crippen molar-refractivity contribution in [3.63, 3.8) is 0 Å². The van der Waals surface area contributed by atoms with Crippen LogP contribution in [-0.4, -0.2) is 60.5 Å². The van der Waals surface area contributed by atoms with Crippen LogP contribution in [0.1, 0.15) is 24.0 Å². The average molecular weight is 541 g/mol. The van der Waals surface area contributed by atoms with Gasteiger partial charge in [-0.1, -0.05) is 18.9 Å². The number of rotatable bonds is 10. The Labute approximate surface area is 231 Å². The number of aryl methyl sites for hydroxylation is 1. The Morgan fingerprint density at radius 1 is 1.25 bits per heavy atom. The Morgan fingerprint density at radius 2 is 2.05 bits per heavy atom. The number of carbonyl (C=O) groups excluding carboxylic acids is 1. The third-order valence-corrected chi connectivity index (χ3v) is 6.29. The van der Waals surface area contributed by atoms with Crippen molar-refractivity contribution in [3.05, 3.63) is 82.2 Å². The van der Waals surface area contributed by atoms with Crippen LogP contribution in [0.3, 0.4) is 0 Å². The van der Waals surface area contributed by atoms with Gasteiger partial charge >= 0.3 is 5.82 Å². The van der Waals surface area contributed by atoms with Gasteiger partial charge in [0.15, 0.2) is 5.69 Å². The predicted molar refractivity (Wildman–Crippen MR) is 153 cm³/mol. The summed E-state index contributed by atoms with van der Waals surface area (Å²) in [7, 11) is 5.65. The van der Waals surface area contributed by atoms with Crippen LogP contribution >= 0.6 is 0 Å². The van der Waals surface area contributed by atoms with Crippen molar-refractivity contribution in [2.45, 2.75) is 19.9 Å². The van der Waals surface area contributed by atoms with Crippen molar-refractivity contribution in [1.29, 1.82) is 0 Å². The molecule has 204 valence electrons. The smallest absolute Gasteiger partial charge is 0.358 e. The van der Waals surface area contributed by atoms with Crippen LogP contribution in [0.2, 0.25) is 0 Å². The quantitative estimate of drug-likeness (QED) is 0.102. The maximum atomic E-state index is 12.7. The minimum atomic E-state index is -0.450. The Morgan fingerprint density at radius 3 is 2.77 bits per heavy atom. The number of hydrogen-bond donors (Lipinski definition) is 2. The van der Waals surface area contributed by atoms with E-state index in [2.05, 4.69) is 36.5 Å². The highest BCUT2D eigenvalue weighted by Gasteiger charge is 2.30. The van der Waals surface area contributed by atoms with Gasteiger partial charge in [-0.15, -0.1) is 6.42 Å². The fraction of sp³-hybridized carbons (Fsp3) is 0.250. The number of benzene rings is 1. The fourth-order valence-electron chi connectivity index (χ4n) is 4.24. The highest BCUT2D eigenvalue weighted by atomic mass is 16.6. The van der Waals surface area contributed by atoms with Gasteiger partial charge in [0.1, 0.15) is 24.5 Å². The van der Waals surface area contributed by atoms with Gasteiger partial charge in [-0.25, -0.2) is 15.0 Å². The number of imidazole rings is 1. The Bertz CT molecular complexity index is 1650. The molecule has 12 heteroatoms. The van der Waals surface area contributed by atoms with E-state index < -0.39 is 4.92 Å². The van der Waals surface area contributed by atoms with E-state index in [9.17, 15) is 14.9 Å². The number of hydrogen-bond acceptors (Lipinski definition) is 8. The molecule has 2 N–H and O–H groups in total. The normalized spacial score (nSPS) is 11.5. The van der Waals surface area contributed by atoms with Crippen molar-refractivity contribution in [3.8, 4) is 12.3 Å². The lowest BCUT2D eigenvalue weighted by atomic mass is 10.2. The van der Waals surface area contributed by atoms with E-state index in [4.69, 9.17) is 6.42 Å². The summed E-state index contributed by atoms with van der Waals surface area (Å²) in [5.41, 5.74) is 2.65. The van der Waals surface area contributed by atoms with Crippen LogP contribution in [0.5, 0.6) is 0 Å². The van der Waals surface area contributed by atoms with Gasteiger partial charge in [-0.2, -0.15) is 0 Å². The molecule has 3 heterocycles. The molecule has 4 aromatic rings. The van der Waals surface area contributed by atoms with Crippen molar-refractivity contribution in [2.75, 3.05) is 31.3 Å². The number of nitrogens with one attached hydrogen (secondary N) is 2. The molecule has 40 heavy (non-hydrogen) atoms. The molecule has 0 fully saturated rings. The minimum absolute atomic E-state index is 0.128.